The molecule has 1 unspecified atom stereocenters. The van der Waals surface area contributed by atoms with Gasteiger partial charge >= 0.3 is 0 Å². The normalized spacial score (nSPS) is 13.9. The highest BCUT2D eigenvalue weighted by Gasteiger charge is 2.17. The molecule has 2 nitrogen and oxygen atoms in total. The first-order chi connectivity index (χ1) is 7.93. The van der Waals surface area contributed by atoms with Gasteiger partial charge < -0.3 is 5.32 Å². The Morgan fingerprint density at radius 3 is 2.65 bits per heavy atom. The largest absolute Gasteiger partial charge is 0.314 e. The van der Waals surface area contributed by atoms with E-state index in [0.29, 0.717) is 6.04 Å². The van der Waals surface area contributed by atoms with Crippen molar-refractivity contribution in [3.63, 3.8) is 0 Å². The molecule has 0 saturated heterocycles. The van der Waals surface area contributed by atoms with E-state index in [4.69, 9.17) is 4.98 Å². The first-order valence-electron chi connectivity index (χ1n) is 6.61. The van der Waals surface area contributed by atoms with E-state index < -0.39 is 0 Å². The van der Waals surface area contributed by atoms with E-state index in [9.17, 15) is 0 Å². The second-order valence-electron chi connectivity index (χ2n) is 5.77. The maximum absolute atomic E-state index is 4.72. The van der Waals surface area contributed by atoms with Crippen LogP contribution >= 0.6 is 11.3 Å². The Morgan fingerprint density at radius 1 is 1.41 bits per heavy atom. The molecule has 1 aromatic rings. The summed E-state index contributed by atoms with van der Waals surface area (Å²) in [6, 6.07) is 0.594. The van der Waals surface area contributed by atoms with Gasteiger partial charge in [0.15, 0.2) is 0 Å². The van der Waals surface area contributed by atoms with Gasteiger partial charge in [-0.1, -0.05) is 27.7 Å². The minimum atomic E-state index is 0.181. The molecule has 0 aliphatic rings. The highest BCUT2D eigenvalue weighted by atomic mass is 32.1. The summed E-state index contributed by atoms with van der Waals surface area (Å²) in [7, 11) is 0. The third-order valence-electron chi connectivity index (χ3n) is 2.85. The fraction of sp³-hybridized carbons (Fsp3) is 0.786. The zero-order chi connectivity index (χ0) is 12.9. The molecule has 17 heavy (non-hydrogen) atoms. The maximum atomic E-state index is 4.72. The SMILES string of the molecule is CCCNC(C)CCc1nc(C(C)(C)C)cs1. The van der Waals surface area contributed by atoms with Crippen LogP contribution in [0.15, 0.2) is 5.38 Å². The third kappa shape index (κ3) is 5.17. The van der Waals surface area contributed by atoms with E-state index in [0.717, 1.165) is 13.0 Å². The molecule has 98 valence electrons. The topological polar surface area (TPSA) is 24.9 Å². The van der Waals surface area contributed by atoms with E-state index in [1.54, 1.807) is 11.3 Å². The molecule has 0 radical (unpaired) electrons. The molecular weight excluding hydrogens is 228 g/mol. The number of hydrogen-bond donors (Lipinski definition) is 1. The second-order valence-corrected chi connectivity index (χ2v) is 6.71. The average molecular weight is 254 g/mol. The summed E-state index contributed by atoms with van der Waals surface area (Å²) in [4.78, 5) is 4.72. The van der Waals surface area contributed by atoms with Crippen molar-refractivity contribution in [2.24, 2.45) is 0 Å². The molecule has 1 aromatic heterocycles. The number of hydrogen-bond acceptors (Lipinski definition) is 3. The van der Waals surface area contributed by atoms with Crippen LogP contribution in [-0.4, -0.2) is 17.6 Å². The van der Waals surface area contributed by atoms with Gasteiger partial charge in [-0.2, -0.15) is 0 Å². The number of nitrogens with zero attached hydrogens (tertiary/aromatic N) is 1. The summed E-state index contributed by atoms with van der Waals surface area (Å²) >= 11 is 1.80. The minimum Gasteiger partial charge on any atom is -0.314 e. The van der Waals surface area contributed by atoms with Crippen LogP contribution in [0, 0.1) is 0 Å². The molecule has 1 atom stereocenters. The van der Waals surface area contributed by atoms with Gasteiger partial charge in [0.25, 0.3) is 0 Å². The van der Waals surface area contributed by atoms with Crippen LogP contribution in [0.2, 0.25) is 0 Å². The van der Waals surface area contributed by atoms with E-state index in [2.05, 4.69) is 45.3 Å². The number of aryl methyl sites for hydroxylation is 1. The number of aromatic nitrogens is 1. The summed E-state index contributed by atoms with van der Waals surface area (Å²) in [5.74, 6) is 0. The van der Waals surface area contributed by atoms with E-state index in [-0.39, 0.29) is 5.41 Å². The van der Waals surface area contributed by atoms with Crippen molar-refractivity contribution in [2.75, 3.05) is 6.54 Å². The lowest BCUT2D eigenvalue weighted by Gasteiger charge is -2.14. The zero-order valence-corrected chi connectivity index (χ0v) is 12.7. The van der Waals surface area contributed by atoms with Crippen LogP contribution < -0.4 is 5.32 Å². The predicted molar refractivity (Wildman–Crippen MR) is 76.9 cm³/mol. The van der Waals surface area contributed by atoms with Crippen LogP contribution in [0.25, 0.3) is 0 Å². The van der Waals surface area contributed by atoms with Crippen molar-refractivity contribution < 1.29 is 0 Å². The monoisotopic (exact) mass is 254 g/mol. The number of rotatable bonds is 6. The molecule has 0 aromatic carbocycles. The summed E-state index contributed by atoms with van der Waals surface area (Å²) in [6.07, 6.45) is 3.48. The van der Waals surface area contributed by atoms with Gasteiger partial charge in [-0.25, -0.2) is 4.98 Å². The van der Waals surface area contributed by atoms with Gasteiger partial charge in [0.1, 0.15) is 0 Å². The average Bonchev–Trinajstić information content (AvgIpc) is 2.71. The molecule has 1 heterocycles. The van der Waals surface area contributed by atoms with E-state index in [1.165, 1.54) is 23.5 Å². The Hall–Kier alpha value is -0.410. The Labute approximate surface area is 110 Å². The fourth-order valence-electron chi connectivity index (χ4n) is 1.60. The summed E-state index contributed by atoms with van der Waals surface area (Å²) in [5.41, 5.74) is 1.41. The molecule has 0 bridgehead atoms. The lowest BCUT2D eigenvalue weighted by atomic mass is 9.93. The Bertz CT molecular complexity index is 325. The number of nitrogens with one attached hydrogen (secondary N) is 1. The van der Waals surface area contributed by atoms with Crippen molar-refractivity contribution in [1.29, 1.82) is 0 Å². The molecule has 3 heteroatoms. The molecule has 0 aliphatic carbocycles. The van der Waals surface area contributed by atoms with Gasteiger partial charge in [0, 0.05) is 23.3 Å². The third-order valence-corrected chi connectivity index (χ3v) is 3.76. The summed E-state index contributed by atoms with van der Waals surface area (Å²) < 4.78 is 0. The second kappa shape index (κ2) is 6.50. The van der Waals surface area contributed by atoms with Crippen LogP contribution in [0.1, 0.15) is 58.2 Å². The van der Waals surface area contributed by atoms with Gasteiger partial charge in [-0.15, -0.1) is 11.3 Å². The van der Waals surface area contributed by atoms with Crippen LogP contribution in [0.4, 0.5) is 0 Å². The maximum Gasteiger partial charge on any atom is 0.0929 e. The van der Waals surface area contributed by atoms with E-state index in [1.807, 2.05) is 0 Å². The van der Waals surface area contributed by atoms with Crippen molar-refractivity contribution >= 4 is 11.3 Å². The molecule has 0 fully saturated rings. The fourth-order valence-corrected chi connectivity index (χ4v) is 2.64. The molecular formula is C14H26N2S. The van der Waals surface area contributed by atoms with Gasteiger partial charge in [-0.3, -0.25) is 0 Å². The first-order valence-corrected chi connectivity index (χ1v) is 7.49. The molecule has 0 aliphatic heterocycles. The Balaban J connectivity index is 2.40. The first kappa shape index (κ1) is 14.7. The van der Waals surface area contributed by atoms with Gasteiger partial charge in [0.2, 0.25) is 0 Å². The Morgan fingerprint density at radius 2 is 2.12 bits per heavy atom. The van der Waals surface area contributed by atoms with Crippen molar-refractivity contribution in [2.45, 2.75) is 65.3 Å². The highest BCUT2D eigenvalue weighted by molar-refractivity contribution is 7.09. The lowest BCUT2D eigenvalue weighted by molar-refractivity contribution is 0.511. The molecule has 0 spiro atoms. The van der Waals surface area contributed by atoms with Crippen molar-refractivity contribution in [1.82, 2.24) is 10.3 Å². The molecule has 1 N–H and O–H groups in total. The molecule has 0 saturated carbocycles. The highest BCUT2D eigenvalue weighted by Crippen LogP contribution is 2.24. The van der Waals surface area contributed by atoms with Crippen molar-refractivity contribution in [3.8, 4) is 0 Å². The quantitative estimate of drug-likeness (QED) is 0.836. The zero-order valence-electron chi connectivity index (χ0n) is 11.8. The van der Waals surface area contributed by atoms with Crippen LogP contribution in [0.3, 0.4) is 0 Å². The summed E-state index contributed by atoms with van der Waals surface area (Å²) in [6.45, 7) is 12.2. The number of thiazole rings is 1. The standard InChI is InChI=1S/C14H26N2S/c1-6-9-15-11(2)7-8-13-16-12(10-17-13)14(3,4)5/h10-11,15H,6-9H2,1-5H3. The van der Waals surface area contributed by atoms with Crippen LogP contribution in [0.5, 0.6) is 0 Å². The lowest BCUT2D eigenvalue weighted by Crippen LogP contribution is -2.27. The van der Waals surface area contributed by atoms with E-state index >= 15 is 0 Å². The minimum absolute atomic E-state index is 0.181. The van der Waals surface area contributed by atoms with Gasteiger partial charge in [-0.05, 0) is 26.3 Å². The summed E-state index contributed by atoms with van der Waals surface area (Å²) in [5, 5.41) is 7.00. The predicted octanol–water partition coefficient (Wildman–Crippen LogP) is 3.76. The van der Waals surface area contributed by atoms with Crippen molar-refractivity contribution in [3.05, 3.63) is 16.1 Å². The molecule has 0 amide bonds. The van der Waals surface area contributed by atoms with Gasteiger partial charge in [0.05, 0.1) is 10.7 Å². The smallest absolute Gasteiger partial charge is 0.0929 e. The molecule has 1 rings (SSSR count). The van der Waals surface area contributed by atoms with Crippen LogP contribution in [-0.2, 0) is 11.8 Å². The Kier molecular flexibility index (Phi) is 5.60.